The number of hydrogen-bond acceptors (Lipinski definition) is 5. The second-order valence-corrected chi connectivity index (χ2v) is 8.38. The molecule has 0 bridgehead atoms. The molecule has 1 aromatic rings. The van der Waals surface area contributed by atoms with Crippen molar-refractivity contribution in [1.82, 2.24) is 10.6 Å². The maximum atomic E-state index is 12.7. The van der Waals surface area contributed by atoms with Gasteiger partial charge in [-0.2, -0.15) is 5.26 Å². The maximum Gasteiger partial charge on any atom is 0.329 e. The molecule has 0 spiro atoms. The number of nitriles is 1. The van der Waals surface area contributed by atoms with Crippen LogP contribution in [0.15, 0.2) is 24.3 Å². The number of amides is 2. The summed E-state index contributed by atoms with van der Waals surface area (Å²) in [7, 11) is 0. The normalized spacial score (nSPS) is 17.3. The number of hydrogen-bond donors (Lipinski definition) is 2. The maximum absolute atomic E-state index is 12.7. The lowest BCUT2D eigenvalue weighted by molar-refractivity contribution is -0.158. The molecule has 2 N–H and O–H groups in total. The van der Waals surface area contributed by atoms with Crippen molar-refractivity contribution in [2.75, 3.05) is 0 Å². The molecule has 7 nitrogen and oxygen atoms in total. The summed E-state index contributed by atoms with van der Waals surface area (Å²) >= 11 is 0. The largest absolute Gasteiger partial charge is 0.451 e. The third-order valence-corrected chi connectivity index (χ3v) is 5.47. The Hall–Kier alpha value is -2.88. The summed E-state index contributed by atoms with van der Waals surface area (Å²) in [6, 6.07) is 8.34. The van der Waals surface area contributed by atoms with E-state index in [1.165, 1.54) is 6.92 Å². The Labute approximate surface area is 178 Å². The molecule has 7 heteroatoms. The first-order valence-corrected chi connectivity index (χ1v) is 10.5. The van der Waals surface area contributed by atoms with Crippen molar-refractivity contribution >= 4 is 17.8 Å². The lowest BCUT2D eigenvalue weighted by atomic mass is 9.83. The van der Waals surface area contributed by atoms with E-state index in [4.69, 9.17) is 4.74 Å². The van der Waals surface area contributed by atoms with Crippen molar-refractivity contribution in [2.24, 2.45) is 5.92 Å². The summed E-state index contributed by atoms with van der Waals surface area (Å²) in [4.78, 5) is 37.7. The van der Waals surface area contributed by atoms with Gasteiger partial charge in [-0.1, -0.05) is 50.8 Å². The number of ether oxygens (including phenoxy) is 1. The Morgan fingerprint density at radius 3 is 2.20 bits per heavy atom. The number of esters is 1. The zero-order chi connectivity index (χ0) is 22.3. The molecule has 162 valence electrons. The number of nitrogens with zero attached hydrogens (tertiary/aromatic N) is 1. The van der Waals surface area contributed by atoms with Gasteiger partial charge in [0, 0.05) is 5.56 Å². The van der Waals surface area contributed by atoms with E-state index in [0.29, 0.717) is 18.4 Å². The minimum Gasteiger partial charge on any atom is -0.451 e. The summed E-state index contributed by atoms with van der Waals surface area (Å²) in [6.07, 6.45) is 2.92. The number of rotatable bonds is 7. The first kappa shape index (κ1) is 23.4. The average molecular weight is 414 g/mol. The van der Waals surface area contributed by atoms with Crippen LogP contribution in [0, 0.1) is 24.2 Å². The van der Waals surface area contributed by atoms with E-state index in [1.807, 2.05) is 19.1 Å². The van der Waals surface area contributed by atoms with Crippen LogP contribution in [0.25, 0.3) is 0 Å². The quantitative estimate of drug-likeness (QED) is 0.668. The smallest absolute Gasteiger partial charge is 0.329 e. The third kappa shape index (κ3) is 6.06. The zero-order valence-corrected chi connectivity index (χ0v) is 18.2. The predicted molar refractivity (Wildman–Crippen MR) is 112 cm³/mol. The Bertz CT molecular complexity index is 805. The van der Waals surface area contributed by atoms with Crippen molar-refractivity contribution < 1.29 is 19.1 Å². The summed E-state index contributed by atoms with van der Waals surface area (Å²) < 4.78 is 5.35. The molecule has 2 amide bonds. The van der Waals surface area contributed by atoms with Gasteiger partial charge < -0.3 is 15.4 Å². The number of benzene rings is 1. The molecule has 0 heterocycles. The van der Waals surface area contributed by atoms with Gasteiger partial charge in [-0.3, -0.25) is 9.59 Å². The molecule has 0 aromatic heterocycles. The second kappa shape index (κ2) is 10.2. The Morgan fingerprint density at radius 2 is 1.67 bits per heavy atom. The van der Waals surface area contributed by atoms with E-state index in [0.717, 1.165) is 24.8 Å². The number of carbonyl (C=O) groups is 3. The van der Waals surface area contributed by atoms with Gasteiger partial charge in [0.1, 0.15) is 11.6 Å². The van der Waals surface area contributed by atoms with Gasteiger partial charge in [0.15, 0.2) is 6.10 Å². The van der Waals surface area contributed by atoms with Crippen molar-refractivity contribution in [1.29, 1.82) is 5.26 Å². The summed E-state index contributed by atoms with van der Waals surface area (Å²) in [6.45, 7) is 6.98. The summed E-state index contributed by atoms with van der Waals surface area (Å²) in [5.74, 6) is -1.79. The molecule has 30 heavy (non-hydrogen) atoms. The Morgan fingerprint density at radius 1 is 1.07 bits per heavy atom. The van der Waals surface area contributed by atoms with Crippen LogP contribution in [0.1, 0.15) is 68.8 Å². The lowest BCUT2D eigenvalue weighted by Gasteiger charge is -2.32. The fourth-order valence-electron chi connectivity index (χ4n) is 3.49. The number of aryl methyl sites for hydroxylation is 1. The minimum atomic E-state index is -1.07. The zero-order valence-electron chi connectivity index (χ0n) is 18.2. The molecule has 1 fully saturated rings. The van der Waals surface area contributed by atoms with Gasteiger partial charge in [0.05, 0.1) is 6.07 Å². The Balaban J connectivity index is 1.99. The molecule has 1 aliphatic rings. The first-order valence-electron chi connectivity index (χ1n) is 10.5. The number of nitrogens with one attached hydrogen (secondary N) is 2. The van der Waals surface area contributed by atoms with E-state index in [9.17, 15) is 19.6 Å². The SMILES string of the molecule is Cc1ccc(C(=O)N[C@H](C(=O)OC(C)C(=O)NC2(C#N)CCCCC2)C(C)C)cc1. The van der Waals surface area contributed by atoms with Crippen LogP contribution in [0.4, 0.5) is 0 Å². The molecule has 1 saturated carbocycles. The molecule has 2 rings (SSSR count). The van der Waals surface area contributed by atoms with E-state index in [2.05, 4.69) is 16.7 Å². The molecule has 1 unspecified atom stereocenters. The highest BCUT2D eigenvalue weighted by atomic mass is 16.5. The predicted octanol–water partition coefficient (Wildman–Crippen LogP) is 3.02. The van der Waals surface area contributed by atoms with Crippen LogP contribution < -0.4 is 10.6 Å². The van der Waals surface area contributed by atoms with E-state index in [-0.39, 0.29) is 11.8 Å². The second-order valence-electron chi connectivity index (χ2n) is 8.38. The molecular weight excluding hydrogens is 382 g/mol. The summed E-state index contributed by atoms with van der Waals surface area (Å²) in [5, 5.41) is 15.0. The molecule has 0 radical (unpaired) electrons. The highest BCUT2D eigenvalue weighted by Crippen LogP contribution is 2.27. The monoisotopic (exact) mass is 413 g/mol. The molecule has 2 atom stereocenters. The van der Waals surface area contributed by atoms with Gasteiger partial charge in [-0.15, -0.1) is 0 Å². The Kier molecular flexibility index (Phi) is 7.99. The highest BCUT2D eigenvalue weighted by molar-refractivity contribution is 5.97. The minimum absolute atomic E-state index is 0.231. The van der Waals surface area contributed by atoms with Crippen LogP contribution in [0.2, 0.25) is 0 Å². The lowest BCUT2D eigenvalue weighted by Crippen LogP contribution is -2.53. The van der Waals surface area contributed by atoms with Gasteiger partial charge >= 0.3 is 5.97 Å². The fourth-order valence-corrected chi connectivity index (χ4v) is 3.49. The molecule has 1 aliphatic carbocycles. The number of carbonyl (C=O) groups excluding carboxylic acids is 3. The van der Waals surface area contributed by atoms with Gasteiger partial charge in [-0.25, -0.2) is 4.79 Å². The van der Waals surface area contributed by atoms with Crippen LogP contribution >= 0.6 is 0 Å². The molecular formula is C23H31N3O4. The molecule has 0 saturated heterocycles. The van der Waals surface area contributed by atoms with Crippen molar-refractivity contribution in [3.05, 3.63) is 35.4 Å². The standard InChI is InChI=1S/C23H31N3O4/c1-15(2)19(25-21(28)18-10-8-16(3)9-11-18)22(29)30-17(4)20(27)26-23(14-24)12-6-5-7-13-23/h8-11,15,17,19H,5-7,12-13H2,1-4H3,(H,25,28)(H,26,27)/t17?,19-/m0/s1. The van der Waals surface area contributed by atoms with Crippen molar-refractivity contribution in [2.45, 2.75) is 77.5 Å². The van der Waals surface area contributed by atoms with Crippen LogP contribution in [-0.4, -0.2) is 35.5 Å². The van der Waals surface area contributed by atoms with Gasteiger partial charge in [-0.05, 0) is 44.7 Å². The van der Waals surface area contributed by atoms with Gasteiger partial charge in [0.2, 0.25) is 0 Å². The van der Waals surface area contributed by atoms with Crippen LogP contribution in [-0.2, 0) is 14.3 Å². The van der Waals surface area contributed by atoms with E-state index < -0.39 is 29.6 Å². The van der Waals surface area contributed by atoms with Crippen molar-refractivity contribution in [3.63, 3.8) is 0 Å². The summed E-state index contributed by atoms with van der Waals surface area (Å²) in [5.41, 5.74) is 0.574. The highest BCUT2D eigenvalue weighted by Gasteiger charge is 2.36. The molecule has 0 aliphatic heterocycles. The van der Waals surface area contributed by atoms with Gasteiger partial charge in [0.25, 0.3) is 11.8 Å². The van der Waals surface area contributed by atoms with Crippen LogP contribution in [0.3, 0.4) is 0 Å². The molecule has 1 aromatic carbocycles. The average Bonchev–Trinajstić information content (AvgIpc) is 2.72. The van der Waals surface area contributed by atoms with Crippen LogP contribution in [0.5, 0.6) is 0 Å². The third-order valence-electron chi connectivity index (χ3n) is 5.47. The van der Waals surface area contributed by atoms with Crippen molar-refractivity contribution in [3.8, 4) is 6.07 Å². The van der Waals surface area contributed by atoms with E-state index in [1.54, 1.807) is 26.0 Å². The first-order chi connectivity index (χ1) is 14.2. The topological polar surface area (TPSA) is 108 Å². The fraction of sp³-hybridized carbons (Fsp3) is 0.565. The van der Waals surface area contributed by atoms with E-state index >= 15 is 0 Å².